The Hall–Kier alpha value is -3.67. The average Bonchev–Trinajstić information content (AvgIpc) is 2.72. The number of nitro groups is 1. The van der Waals surface area contributed by atoms with Gasteiger partial charge in [-0.1, -0.05) is 6.08 Å². The molecule has 0 aromatic heterocycles. The lowest BCUT2D eigenvalue weighted by Gasteiger charge is -2.12. The van der Waals surface area contributed by atoms with Crippen molar-refractivity contribution < 1.29 is 27.6 Å². The molecule has 0 bridgehead atoms. The van der Waals surface area contributed by atoms with Gasteiger partial charge < -0.3 is 14.8 Å². The van der Waals surface area contributed by atoms with Crippen LogP contribution in [0.1, 0.15) is 11.1 Å². The van der Waals surface area contributed by atoms with Crippen molar-refractivity contribution in [3.8, 4) is 17.2 Å². The van der Waals surface area contributed by atoms with E-state index in [1.54, 1.807) is 12.1 Å². The minimum Gasteiger partial charge on any atom is -0.493 e. The fraction of sp³-hybridized carbons (Fsp3) is 0.158. The zero-order chi connectivity index (χ0) is 23.0. The highest BCUT2D eigenvalue weighted by molar-refractivity contribution is 7.80. The molecule has 2 rings (SSSR count). The number of thiocarbonyl (C=S) groups is 1. The van der Waals surface area contributed by atoms with Crippen LogP contribution in [0.25, 0.3) is 0 Å². The van der Waals surface area contributed by atoms with E-state index in [9.17, 15) is 23.3 Å². The average molecular weight is 454 g/mol. The number of hydrogen-bond donors (Lipinski definition) is 2. The van der Waals surface area contributed by atoms with Gasteiger partial charge in [0.2, 0.25) is 5.75 Å². The van der Waals surface area contributed by atoms with Crippen LogP contribution in [0.3, 0.4) is 0 Å². The molecule has 0 unspecified atom stereocenters. The van der Waals surface area contributed by atoms with E-state index in [2.05, 4.69) is 22.4 Å². The van der Waals surface area contributed by atoms with Crippen LogP contribution in [0.15, 0.2) is 54.2 Å². The van der Waals surface area contributed by atoms with E-state index in [1.807, 2.05) is 0 Å². The third-order valence-electron chi connectivity index (χ3n) is 3.68. The van der Waals surface area contributed by atoms with Gasteiger partial charge in [0.05, 0.1) is 23.8 Å². The van der Waals surface area contributed by atoms with Crippen LogP contribution in [-0.2, 0) is 6.18 Å². The lowest BCUT2D eigenvalue weighted by atomic mass is 10.1. The summed E-state index contributed by atoms with van der Waals surface area (Å²) in [5.74, 6) is -0.109. The van der Waals surface area contributed by atoms with Crippen LogP contribution in [0.4, 0.5) is 18.9 Å². The number of methoxy groups -OCH3 is 1. The van der Waals surface area contributed by atoms with Crippen LogP contribution in [0, 0.1) is 10.1 Å². The van der Waals surface area contributed by atoms with Crippen LogP contribution in [-0.4, -0.2) is 29.9 Å². The Bertz CT molecular complexity index is 1010. The van der Waals surface area contributed by atoms with Crippen molar-refractivity contribution in [3.05, 3.63) is 70.3 Å². The van der Waals surface area contributed by atoms with Gasteiger partial charge in [0.15, 0.2) is 16.6 Å². The summed E-state index contributed by atoms with van der Waals surface area (Å²) in [5, 5.41) is 18.3. The first-order chi connectivity index (χ1) is 14.7. The van der Waals surface area contributed by atoms with E-state index in [0.717, 1.165) is 6.07 Å². The molecule has 0 aliphatic heterocycles. The van der Waals surface area contributed by atoms with Gasteiger partial charge in [-0.2, -0.15) is 18.3 Å². The molecule has 0 saturated heterocycles. The van der Waals surface area contributed by atoms with E-state index in [-0.39, 0.29) is 22.4 Å². The summed E-state index contributed by atoms with van der Waals surface area (Å²) in [6.45, 7) is 4.02. The smallest absolute Gasteiger partial charge is 0.416 e. The molecule has 0 fully saturated rings. The first-order valence-electron chi connectivity index (χ1n) is 8.55. The predicted octanol–water partition coefficient (Wildman–Crippen LogP) is 4.40. The van der Waals surface area contributed by atoms with Crippen molar-refractivity contribution in [1.82, 2.24) is 10.7 Å². The van der Waals surface area contributed by atoms with Gasteiger partial charge in [-0.05, 0) is 48.1 Å². The molecule has 2 aromatic carbocycles. The second-order valence-corrected chi connectivity index (χ2v) is 6.23. The summed E-state index contributed by atoms with van der Waals surface area (Å²) in [5.41, 5.74) is 1.19. The number of ether oxygens (including phenoxy) is 2. The number of hydrazone groups is 1. The fourth-order valence-electron chi connectivity index (χ4n) is 2.26. The molecule has 0 amide bonds. The number of alkyl halides is 3. The van der Waals surface area contributed by atoms with Crippen LogP contribution in [0.5, 0.6) is 17.2 Å². The molecule has 12 heteroatoms. The highest BCUT2D eigenvalue weighted by Gasteiger charge is 2.33. The van der Waals surface area contributed by atoms with Crippen molar-refractivity contribution in [1.29, 1.82) is 0 Å². The van der Waals surface area contributed by atoms with Crippen LogP contribution >= 0.6 is 12.2 Å². The molecule has 164 valence electrons. The monoisotopic (exact) mass is 454 g/mol. The maximum atomic E-state index is 12.8. The van der Waals surface area contributed by atoms with Crippen LogP contribution in [0.2, 0.25) is 0 Å². The number of nitrogens with zero attached hydrogens (tertiary/aromatic N) is 2. The number of nitrogens with one attached hydrogen (secondary N) is 2. The second-order valence-electron chi connectivity index (χ2n) is 5.82. The maximum absolute atomic E-state index is 12.8. The molecule has 0 heterocycles. The number of hydrogen-bond acceptors (Lipinski definition) is 6. The predicted molar refractivity (Wildman–Crippen MR) is 113 cm³/mol. The zero-order valence-corrected chi connectivity index (χ0v) is 16.9. The van der Waals surface area contributed by atoms with Crippen molar-refractivity contribution in [2.75, 3.05) is 13.7 Å². The molecule has 0 saturated carbocycles. The third-order valence-corrected chi connectivity index (χ3v) is 3.91. The van der Waals surface area contributed by atoms with Gasteiger partial charge in [-0.25, -0.2) is 0 Å². The van der Waals surface area contributed by atoms with Crippen molar-refractivity contribution in [2.24, 2.45) is 5.10 Å². The van der Waals surface area contributed by atoms with Crippen molar-refractivity contribution in [3.63, 3.8) is 0 Å². The molecule has 2 N–H and O–H groups in total. The SMILES string of the molecule is C=CCNC(=S)N/N=C\c1ccc(Oc2ccc(C(F)(F)F)cc2[N+](=O)[O-])c(OC)c1. The van der Waals surface area contributed by atoms with Gasteiger partial charge in [0.25, 0.3) is 0 Å². The topological polar surface area (TPSA) is 98.0 Å². The summed E-state index contributed by atoms with van der Waals surface area (Å²) in [7, 11) is 1.34. The Labute approximate surface area is 180 Å². The fourth-order valence-corrected chi connectivity index (χ4v) is 2.40. The molecule has 0 spiro atoms. The van der Waals surface area contributed by atoms with E-state index in [4.69, 9.17) is 21.7 Å². The molecule has 2 aromatic rings. The van der Waals surface area contributed by atoms with Gasteiger partial charge >= 0.3 is 11.9 Å². The van der Waals surface area contributed by atoms with Crippen LogP contribution < -0.4 is 20.2 Å². The van der Waals surface area contributed by atoms with E-state index >= 15 is 0 Å². The molecule has 0 aliphatic carbocycles. The standard InChI is InChI=1S/C19H17F3N4O4S/c1-3-8-23-18(31)25-24-11-12-4-6-16(17(9-12)29-2)30-15-7-5-13(19(20,21)22)10-14(15)26(27)28/h3-7,9-11H,1,8H2,2H3,(H2,23,25,31)/b24-11-. The molecule has 0 aliphatic rings. The summed E-state index contributed by atoms with van der Waals surface area (Å²) in [4.78, 5) is 10.3. The van der Waals surface area contributed by atoms with Gasteiger partial charge in [-0.3, -0.25) is 15.5 Å². The summed E-state index contributed by atoms with van der Waals surface area (Å²) in [6, 6.07) is 6.53. The quantitative estimate of drug-likeness (QED) is 0.201. The van der Waals surface area contributed by atoms with Gasteiger partial charge in [0, 0.05) is 12.6 Å². The number of benzene rings is 2. The van der Waals surface area contributed by atoms with Crippen molar-refractivity contribution in [2.45, 2.75) is 6.18 Å². The Morgan fingerprint density at radius 3 is 2.58 bits per heavy atom. The molecular weight excluding hydrogens is 437 g/mol. The maximum Gasteiger partial charge on any atom is 0.416 e. The van der Waals surface area contributed by atoms with E-state index in [1.165, 1.54) is 25.5 Å². The lowest BCUT2D eigenvalue weighted by molar-refractivity contribution is -0.385. The Morgan fingerprint density at radius 1 is 1.26 bits per heavy atom. The first-order valence-corrected chi connectivity index (χ1v) is 8.96. The Kier molecular flexibility index (Phi) is 7.91. The highest BCUT2D eigenvalue weighted by atomic mass is 32.1. The van der Waals surface area contributed by atoms with E-state index in [0.29, 0.717) is 24.2 Å². The summed E-state index contributed by atoms with van der Waals surface area (Å²) < 4.78 is 49.2. The molecule has 8 nitrogen and oxygen atoms in total. The highest BCUT2D eigenvalue weighted by Crippen LogP contribution is 2.40. The Morgan fingerprint density at radius 2 is 1.97 bits per heavy atom. The number of rotatable bonds is 8. The largest absolute Gasteiger partial charge is 0.493 e. The summed E-state index contributed by atoms with van der Waals surface area (Å²) >= 11 is 4.99. The van der Waals surface area contributed by atoms with E-state index < -0.39 is 22.4 Å². The molecule has 31 heavy (non-hydrogen) atoms. The molecule has 0 atom stereocenters. The zero-order valence-electron chi connectivity index (χ0n) is 16.1. The molecular formula is C19H17F3N4O4S. The normalized spacial score (nSPS) is 11.1. The minimum absolute atomic E-state index is 0.0682. The Balaban J connectivity index is 2.23. The lowest BCUT2D eigenvalue weighted by Crippen LogP contribution is -2.31. The second kappa shape index (κ2) is 10.4. The van der Waals surface area contributed by atoms with Gasteiger partial charge in [-0.15, -0.1) is 6.58 Å². The third kappa shape index (κ3) is 6.67. The first kappa shape index (κ1) is 23.6. The molecule has 0 radical (unpaired) electrons. The van der Waals surface area contributed by atoms with Gasteiger partial charge in [0.1, 0.15) is 0 Å². The minimum atomic E-state index is -4.72. The summed E-state index contributed by atoms with van der Waals surface area (Å²) in [6.07, 6.45) is -1.66. The number of nitro benzene ring substituents is 1. The van der Waals surface area contributed by atoms with Crippen molar-refractivity contribution >= 4 is 29.2 Å². The number of halogens is 3.